The molecule has 0 amide bonds. The summed E-state index contributed by atoms with van der Waals surface area (Å²) < 4.78 is 5.01. The zero-order chi connectivity index (χ0) is 15.5. The van der Waals surface area contributed by atoms with E-state index in [9.17, 15) is 0 Å². The molecule has 0 unspecified atom stereocenters. The first-order valence-electron chi connectivity index (χ1n) is 6.96. The minimum Gasteiger partial charge on any atom is -0.500 e. The quantitative estimate of drug-likeness (QED) is 0.547. The molecule has 0 heterocycles. The number of unbranched alkanes of at least 4 members (excludes halogenated alkanes) is 2. The van der Waals surface area contributed by atoms with Crippen molar-refractivity contribution in [2.75, 3.05) is 13.7 Å². The summed E-state index contributed by atoms with van der Waals surface area (Å²) >= 11 is 0. The molecule has 0 atom stereocenters. The van der Waals surface area contributed by atoms with Crippen molar-refractivity contribution >= 4 is 11.8 Å². The van der Waals surface area contributed by atoms with E-state index in [0.29, 0.717) is 18.7 Å². The Kier molecular flexibility index (Phi) is 7.45. The molecule has 1 N–H and O–H groups in total. The molecule has 1 aromatic rings. The van der Waals surface area contributed by atoms with E-state index in [0.717, 1.165) is 29.7 Å². The first-order valence-corrected chi connectivity index (χ1v) is 6.96. The molecule has 0 spiro atoms. The normalized spacial score (nSPS) is 10.1. The fraction of sp³-hybridized carbons (Fsp3) is 0.278. The van der Waals surface area contributed by atoms with Crippen LogP contribution in [0.4, 0.5) is 0 Å². The second kappa shape index (κ2) is 9.44. The van der Waals surface area contributed by atoms with Crippen LogP contribution in [0.2, 0.25) is 0 Å². The lowest BCUT2D eigenvalue weighted by Gasteiger charge is -2.11. The van der Waals surface area contributed by atoms with Crippen LogP contribution in [0.15, 0.2) is 49.3 Å². The molecule has 0 aliphatic rings. The zero-order valence-corrected chi connectivity index (χ0v) is 12.6. The molecular formula is C18H22N2O. The Morgan fingerprint density at radius 3 is 2.95 bits per heavy atom. The molecule has 3 nitrogen and oxygen atoms in total. The molecule has 110 valence electrons. The number of nitrogens with zero attached hydrogens (tertiary/aromatic N) is 1. The highest BCUT2D eigenvalue weighted by molar-refractivity contribution is 5.65. The lowest BCUT2D eigenvalue weighted by Crippen LogP contribution is -2.15. The summed E-state index contributed by atoms with van der Waals surface area (Å²) in [4.78, 5) is 0. The van der Waals surface area contributed by atoms with Gasteiger partial charge in [-0.1, -0.05) is 43.5 Å². The fourth-order valence-electron chi connectivity index (χ4n) is 1.73. The van der Waals surface area contributed by atoms with Crippen LogP contribution in [-0.4, -0.2) is 13.7 Å². The predicted octanol–water partition coefficient (Wildman–Crippen LogP) is 4.11. The first-order chi connectivity index (χ1) is 10.2. The van der Waals surface area contributed by atoms with Crippen molar-refractivity contribution in [2.45, 2.75) is 19.3 Å². The van der Waals surface area contributed by atoms with Crippen molar-refractivity contribution in [3.8, 4) is 6.07 Å². The number of hydrogen-bond donors (Lipinski definition) is 1. The highest BCUT2D eigenvalue weighted by Gasteiger charge is 2.00. The minimum atomic E-state index is 0.545. The van der Waals surface area contributed by atoms with Crippen LogP contribution in [0.5, 0.6) is 0 Å². The Hall–Kier alpha value is -2.47. The van der Waals surface area contributed by atoms with Gasteiger partial charge >= 0.3 is 0 Å². The van der Waals surface area contributed by atoms with Gasteiger partial charge in [-0.2, -0.15) is 5.26 Å². The molecule has 1 rings (SSSR count). The highest BCUT2D eigenvalue weighted by atomic mass is 16.5. The van der Waals surface area contributed by atoms with Gasteiger partial charge in [-0.3, -0.25) is 0 Å². The van der Waals surface area contributed by atoms with E-state index < -0.39 is 0 Å². The summed E-state index contributed by atoms with van der Waals surface area (Å²) in [5.41, 5.74) is 3.00. The van der Waals surface area contributed by atoms with Crippen molar-refractivity contribution < 1.29 is 4.74 Å². The number of methoxy groups -OCH3 is 1. The van der Waals surface area contributed by atoms with Gasteiger partial charge in [0.15, 0.2) is 0 Å². The van der Waals surface area contributed by atoms with Gasteiger partial charge in [-0.25, -0.2) is 0 Å². The van der Waals surface area contributed by atoms with Crippen LogP contribution >= 0.6 is 0 Å². The van der Waals surface area contributed by atoms with Crippen molar-refractivity contribution in [3.05, 3.63) is 60.4 Å². The molecular weight excluding hydrogens is 260 g/mol. The molecule has 0 fully saturated rings. The molecule has 0 saturated heterocycles. The summed E-state index contributed by atoms with van der Waals surface area (Å²) in [6.45, 7) is 8.33. The van der Waals surface area contributed by atoms with Gasteiger partial charge in [-0.05, 0) is 30.0 Å². The molecule has 3 heteroatoms. The fourth-order valence-corrected chi connectivity index (χ4v) is 1.73. The van der Waals surface area contributed by atoms with Crippen molar-refractivity contribution in [1.82, 2.24) is 5.32 Å². The third-order valence-corrected chi connectivity index (χ3v) is 2.99. The van der Waals surface area contributed by atoms with Gasteiger partial charge in [0.25, 0.3) is 0 Å². The van der Waals surface area contributed by atoms with Crippen molar-refractivity contribution in [2.24, 2.45) is 0 Å². The summed E-state index contributed by atoms with van der Waals surface area (Å²) in [6.07, 6.45) is 6.60. The van der Waals surface area contributed by atoms with E-state index in [2.05, 4.69) is 42.8 Å². The molecule has 0 aliphatic heterocycles. The van der Waals surface area contributed by atoms with Gasteiger partial charge in [0, 0.05) is 12.1 Å². The molecule has 0 bridgehead atoms. The monoisotopic (exact) mass is 282 g/mol. The lowest BCUT2D eigenvalue weighted by molar-refractivity contribution is 0.285. The second-order valence-corrected chi connectivity index (χ2v) is 4.65. The van der Waals surface area contributed by atoms with Crippen LogP contribution in [-0.2, 0) is 4.74 Å². The topological polar surface area (TPSA) is 45.0 Å². The maximum absolute atomic E-state index is 8.48. The van der Waals surface area contributed by atoms with E-state index in [-0.39, 0.29) is 0 Å². The number of hydrogen-bond acceptors (Lipinski definition) is 3. The van der Waals surface area contributed by atoms with Crippen LogP contribution in [0.1, 0.15) is 30.4 Å². The molecule has 21 heavy (non-hydrogen) atoms. The van der Waals surface area contributed by atoms with Crippen LogP contribution in [0.25, 0.3) is 11.8 Å². The minimum absolute atomic E-state index is 0.545. The van der Waals surface area contributed by atoms with E-state index in [1.807, 2.05) is 18.2 Å². The summed E-state index contributed by atoms with van der Waals surface area (Å²) in [7, 11) is 1.60. The molecule has 1 aromatic carbocycles. The highest BCUT2D eigenvalue weighted by Crippen LogP contribution is 2.14. The first kappa shape index (κ1) is 16.6. The number of rotatable bonds is 9. The average Bonchev–Trinajstić information content (AvgIpc) is 2.52. The molecule has 0 aromatic heterocycles. The second-order valence-electron chi connectivity index (χ2n) is 4.65. The Morgan fingerprint density at radius 1 is 1.43 bits per heavy atom. The third kappa shape index (κ3) is 6.49. The Balaban J connectivity index is 2.57. The Labute approximate surface area is 127 Å². The average molecular weight is 282 g/mol. The maximum Gasteiger partial charge on any atom is 0.107 e. The number of allylic oxidation sites excluding steroid dienone is 1. The summed E-state index contributed by atoms with van der Waals surface area (Å²) in [6, 6.07) is 10.3. The van der Waals surface area contributed by atoms with Gasteiger partial charge in [0.05, 0.1) is 19.7 Å². The zero-order valence-electron chi connectivity index (χ0n) is 12.6. The SMILES string of the molecule is C=C(CNC(=C)c1cccc(/C=C\CCCC#N)c1)OC. The van der Waals surface area contributed by atoms with Crippen LogP contribution in [0, 0.1) is 11.3 Å². The predicted molar refractivity (Wildman–Crippen MR) is 88.1 cm³/mol. The van der Waals surface area contributed by atoms with E-state index >= 15 is 0 Å². The number of ether oxygens (including phenoxy) is 1. The standard InChI is InChI=1S/C18H22N2O/c1-15(21-3)14-20-16(2)18-11-8-10-17(13-18)9-6-4-5-7-12-19/h6,8-11,13,20H,1-2,4-5,7,14H2,3H3/b9-6-. The summed E-state index contributed by atoms with van der Waals surface area (Å²) in [5.74, 6) is 0.671. The summed E-state index contributed by atoms with van der Waals surface area (Å²) in [5, 5.41) is 11.7. The van der Waals surface area contributed by atoms with Gasteiger partial charge < -0.3 is 10.1 Å². The van der Waals surface area contributed by atoms with E-state index in [4.69, 9.17) is 10.00 Å². The smallest absolute Gasteiger partial charge is 0.107 e. The lowest BCUT2D eigenvalue weighted by atomic mass is 10.1. The maximum atomic E-state index is 8.48. The van der Waals surface area contributed by atoms with Gasteiger partial charge in [-0.15, -0.1) is 0 Å². The molecule has 0 saturated carbocycles. The molecule has 0 aliphatic carbocycles. The molecule has 0 radical (unpaired) electrons. The Bertz CT molecular complexity index is 553. The largest absolute Gasteiger partial charge is 0.500 e. The van der Waals surface area contributed by atoms with Crippen molar-refractivity contribution in [1.29, 1.82) is 5.26 Å². The van der Waals surface area contributed by atoms with Crippen LogP contribution < -0.4 is 5.32 Å². The van der Waals surface area contributed by atoms with Gasteiger partial charge in [0.2, 0.25) is 0 Å². The van der Waals surface area contributed by atoms with Gasteiger partial charge in [0.1, 0.15) is 5.76 Å². The number of benzene rings is 1. The number of nitrogens with one attached hydrogen (secondary N) is 1. The van der Waals surface area contributed by atoms with Crippen LogP contribution in [0.3, 0.4) is 0 Å². The number of nitriles is 1. The Morgan fingerprint density at radius 2 is 2.24 bits per heavy atom. The van der Waals surface area contributed by atoms with E-state index in [1.54, 1.807) is 7.11 Å². The third-order valence-electron chi connectivity index (χ3n) is 2.99. The van der Waals surface area contributed by atoms with Crippen molar-refractivity contribution in [3.63, 3.8) is 0 Å². The van der Waals surface area contributed by atoms with E-state index in [1.165, 1.54) is 0 Å².